The molecule has 60 valence electrons. The zero-order chi connectivity index (χ0) is 8.81. The van der Waals surface area contributed by atoms with Crippen LogP contribution in [0.25, 0.3) is 10.9 Å². The highest BCUT2D eigenvalue weighted by molar-refractivity contribution is 5.76. The normalized spacial score (nSPS) is 8.17. The summed E-state index contributed by atoms with van der Waals surface area (Å²) in [5.41, 5.74) is 0.973. The van der Waals surface area contributed by atoms with Gasteiger partial charge >= 0.3 is 0 Å². The Labute approximate surface area is 73.1 Å². The first kappa shape index (κ1) is 8.55. The molecule has 0 bridgehead atoms. The van der Waals surface area contributed by atoms with Crippen LogP contribution in [0.1, 0.15) is 13.8 Å². The Hall–Kier alpha value is -1.55. The molecular formula is C11H11N. The average Bonchev–Trinajstić information content (AvgIpc) is 2.21. The van der Waals surface area contributed by atoms with Gasteiger partial charge in [0, 0.05) is 17.6 Å². The van der Waals surface area contributed by atoms with Crippen molar-refractivity contribution in [2.45, 2.75) is 13.8 Å². The number of rotatable bonds is 0. The number of hydrogen-bond donors (Lipinski definition) is 0. The summed E-state index contributed by atoms with van der Waals surface area (Å²) in [6.07, 6.45) is 1.77. The second-order valence-electron chi connectivity index (χ2n) is 2.06. The van der Waals surface area contributed by atoms with Gasteiger partial charge in [0.15, 0.2) is 0 Å². The van der Waals surface area contributed by atoms with E-state index in [0.29, 0.717) is 0 Å². The van der Waals surface area contributed by atoms with Crippen LogP contribution >= 0.6 is 0 Å². The van der Waals surface area contributed by atoms with E-state index in [0.717, 1.165) is 10.9 Å². The number of aromatic nitrogens is 1. The Morgan fingerprint density at radius 2 is 1.92 bits per heavy atom. The van der Waals surface area contributed by atoms with Crippen LogP contribution in [0.2, 0.25) is 0 Å². The molecule has 0 radical (unpaired) electrons. The topological polar surface area (TPSA) is 12.9 Å². The van der Waals surface area contributed by atoms with Gasteiger partial charge in [-0.2, -0.15) is 0 Å². The third-order valence-corrected chi connectivity index (χ3v) is 1.39. The van der Waals surface area contributed by atoms with Crippen LogP contribution < -0.4 is 0 Å². The van der Waals surface area contributed by atoms with Crippen molar-refractivity contribution < 1.29 is 0 Å². The third kappa shape index (κ3) is 1.73. The molecule has 1 heteroatoms. The van der Waals surface area contributed by atoms with Crippen LogP contribution in [-0.4, -0.2) is 4.98 Å². The molecule has 1 nitrogen and oxygen atoms in total. The fraction of sp³-hybridized carbons (Fsp3) is 0.182. The Morgan fingerprint density at radius 1 is 1.17 bits per heavy atom. The molecule has 0 aliphatic rings. The van der Waals surface area contributed by atoms with Crippen molar-refractivity contribution in [3.8, 4) is 0 Å². The van der Waals surface area contributed by atoms with Crippen LogP contribution in [0.15, 0.2) is 30.5 Å². The van der Waals surface area contributed by atoms with Crippen LogP contribution in [0.4, 0.5) is 0 Å². The SMILES string of the molecule is CC.c1cc2cccnc2cc#1. The van der Waals surface area contributed by atoms with E-state index in [4.69, 9.17) is 0 Å². The van der Waals surface area contributed by atoms with E-state index in [1.807, 2.05) is 38.1 Å². The standard InChI is InChI=1S/C9H5N.C2H6/c1-2-6-9-8(4-1)5-3-7-10-9;1-2/h3-7H;1-2H3. The van der Waals surface area contributed by atoms with E-state index in [-0.39, 0.29) is 0 Å². The van der Waals surface area contributed by atoms with Crippen LogP contribution in [0.5, 0.6) is 0 Å². The summed E-state index contributed by atoms with van der Waals surface area (Å²) >= 11 is 0. The molecule has 0 atom stereocenters. The maximum Gasteiger partial charge on any atom is 0.0791 e. The lowest BCUT2D eigenvalue weighted by molar-refractivity contribution is 1.42. The Bertz CT molecular complexity index is 276. The molecule has 1 aromatic heterocycles. The molecule has 0 unspecified atom stereocenters. The van der Waals surface area contributed by atoms with Gasteiger partial charge < -0.3 is 0 Å². The zero-order valence-corrected chi connectivity index (χ0v) is 7.33. The zero-order valence-electron chi connectivity index (χ0n) is 7.33. The molecule has 0 spiro atoms. The molecule has 0 N–H and O–H groups in total. The van der Waals surface area contributed by atoms with Crippen LogP contribution in [-0.2, 0) is 0 Å². The van der Waals surface area contributed by atoms with Crippen molar-refractivity contribution in [2.24, 2.45) is 0 Å². The van der Waals surface area contributed by atoms with Gasteiger partial charge in [0.1, 0.15) is 0 Å². The van der Waals surface area contributed by atoms with E-state index in [1.165, 1.54) is 0 Å². The van der Waals surface area contributed by atoms with Gasteiger partial charge in [-0.3, -0.25) is 4.98 Å². The molecular weight excluding hydrogens is 146 g/mol. The number of fused-ring (bicyclic) bond motifs is 1. The van der Waals surface area contributed by atoms with Crippen LogP contribution in [0, 0.1) is 12.1 Å². The van der Waals surface area contributed by atoms with Gasteiger partial charge in [-0.25, -0.2) is 0 Å². The van der Waals surface area contributed by atoms with Crippen molar-refractivity contribution >= 4 is 10.9 Å². The maximum atomic E-state index is 4.13. The monoisotopic (exact) mass is 157 g/mol. The summed E-state index contributed by atoms with van der Waals surface area (Å²) in [4.78, 5) is 4.13. The predicted octanol–water partition coefficient (Wildman–Crippen LogP) is 2.86. The predicted molar refractivity (Wildman–Crippen MR) is 50.8 cm³/mol. The minimum absolute atomic E-state index is 0.973. The lowest BCUT2D eigenvalue weighted by Crippen LogP contribution is -1.72. The largest absolute Gasteiger partial charge is 0.256 e. The second kappa shape index (κ2) is 4.35. The molecule has 2 rings (SSSR count). The molecule has 0 saturated carbocycles. The molecule has 1 aromatic carbocycles. The number of nitrogens with zero attached hydrogens (tertiary/aromatic N) is 1. The number of hydrogen-bond acceptors (Lipinski definition) is 1. The fourth-order valence-corrected chi connectivity index (χ4v) is 0.902. The van der Waals surface area contributed by atoms with E-state index in [9.17, 15) is 0 Å². The molecule has 0 aliphatic carbocycles. The van der Waals surface area contributed by atoms with Crippen molar-refractivity contribution in [1.29, 1.82) is 0 Å². The average molecular weight is 157 g/mol. The lowest BCUT2D eigenvalue weighted by atomic mass is 10.2. The lowest BCUT2D eigenvalue weighted by Gasteiger charge is -1.88. The summed E-state index contributed by atoms with van der Waals surface area (Å²) in [5, 5.41) is 1.11. The molecule has 0 aliphatic heterocycles. The minimum Gasteiger partial charge on any atom is -0.256 e. The molecule has 2 aromatic rings. The van der Waals surface area contributed by atoms with E-state index < -0.39 is 0 Å². The highest BCUT2D eigenvalue weighted by Gasteiger charge is 1.85. The highest BCUT2D eigenvalue weighted by atomic mass is 14.6. The summed E-state index contributed by atoms with van der Waals surface area (Å²) < 4.78 is 0. The summed E-state index contributed by atoms with van der Waals surface area (Å²) in [5.74, 6) is 0. The Kier molecular flexibility index (Phi) is 3.10. The summed E-state index contributed by atoms with van der Waals surface area (Å²) in [6, 6.07) is 13.3. The van der Waals surface area contributed by atoms with E-state index >= 15 is 0 Å². The molecule has 1 heterocycles. The van der Waals surface area contributed by atoms with Gasteiger partial charge in [-0.05, 0) is 12.1 Å². The Morgan fingerprint density at radius 3 is 2.67 bits per heavy atom. The first-order chi connectivity index (χ1) is 5.97. The summed E-state index contributed by atoms with van der Waals surface area (Å²) in [7, 11) is 0. The van der Waals surface area contributed by atoms with Crippen molar-refractivity contribution in [2.75, 3.05) is 0 Å². The molecule has 0 amide bonds. The van der Waals surface area contributed by atoms with E-state index in [1.54, 1.807) is 6.20 Å². The highest BCUT2D eigenvalue weighted by Crippen LogP contribution is 2.05. The van der Waals surface area contributed by atoms with Gasteiger partial charge in [-0.15, -0.1) is 0 Å². The van der Waals surface area contributed by atoms with E-state index in [2.05, 4.69) is 17.1 Å². The van der Waals surface area contributed by atoms with Crippen LogP contribution in [0.3, 0.4) is 0 Å². The van der Waals surface area contributed by atoms with Gasteiger partial charge in [0.2, 0.25) is 0 Å². The smallest absolute Gasteiger partial charge is 0.0791 e. The molecule has 12 heavy (non-hydrogen) atoms. The summed E-state index contributed by atoms with van der Waals surface area (Å²) in [6.45, 7) is 4.00. The Balaban J connectivity index is 0.000000336. The van der Waals surface area contributed by atoms with Crippen molar-refractivity contribution in [1.82, 2.24) is 4.98 Å². The molecule has 0 saturated heterocycles. The van der Waals surface area contributed by atoms with Gasteiger partial charge in [-0.1, -0.05) is 32.0 Å². The first-order valence-electron chi connectivity index (χ1n) is 4.09. The molecule has 0 fully saturated rings. The second-order valence-corrected chi connectivity index (χ2v) is 2.06. The minimum atomic E-state index is 0.973. The van der Waals surface area contributed by atoms with Gasteiger partial charge in [0.25, 0.3) is 0 Å². The van der Waals surface area contributed by atoms with Gasteiger partial charge in [0.05, 0.1) is 5.52 Å². The maximum absolute atomic E-state index is 4.13. The third-order valence-electron chi connectivity index (χ3n) is 1.39. The first-order valence-corrected chi connectivity index (χ1v) is 4.09. The van der Waals surface area contributed by atoms with Crippen molar-refractivity contribution in [3.05, 3.63) is 42.6 Å². The quantitative estimate of drug-likeness (QED) is 0.573. The fourth-order valence-electron chi connectivity index (χ4n) is 0.902. The number of pyridine rings is 1. The van der Waals surface area contributed by atoms with Crippen molar-refractivity contribution in [3.63, 3.8) is 0 Å².